The van der Waals surface area contributed by atoms with Crippen LogP contribution in [-0.2, 0) is 0 Å². The van der Waals surface area contributed by atoms with Gasteiger partial charge in [0.05, 0.1) is 0 Å². The molecule has 2 unspecified atom stereocenters. The second-order valence-electron chi connectivity index (χ2n) is 6.15. The third kappa shape index (κ3) is 3.46. The smallest absolute Gasteiger partial charge is 0.00501 e. The van der Waals surface area contributed by atoms with Crippen LogP contribution in [0.1, 0.15) is 40.5 Å². The molecule has 1 saturated heterocycles. The Morgan fingerprint density at radius 2 is 2.00 bits per heavy atom. The number of hydrogen-bond acceptors (Lipinski definition) is 2. The van der Waals surface area contributed by atoms with E-state index >= 15 is 0 Å². The molecule has 0 bridgehead atoms. The molecule has 2 heteroatoms. The normalized spacial score (nSPS) is 27.9. The van der Waals surface area contributed by atoms with E-state index in [1.165, 1.54) is 39.0 Å². The van der Waals surface area contributed by atoms with Gasteiger partial charge in [-0.05, 0) is 37.3 Å². The highest BCUT2D eigenvalue weighted by molar-refractivity contribution is 4.92. The first kappa shape index (κ1) is 14.0. The topological polar surface area (TPSA) is 15.3 Å². The Morgan fingerprint density at radius 1 is 1.31 bits per heavy atom. The molecule has 1 heterocycles. The van der Waals surface area contributed by atoms with Gasteiger partial charge in [-0.3, -0.25) is 0 Å². The van der Waals surface area contributed by atoms with E-state index in [9.17, 15) is 0 Å². The Hall–Kier alpha value is -0.0800. The van der Waals surface area contributed by atoms with Crippen LogP contribution in [0.4, 0.5) is 0 Å². The Kier molecular flexibility index (Phi) is 5.26. The summed E-state index contributed by atoms with van der Waals surface area (Å²) in [6.07, 6.45) is 2.63. The predicted molar refractivity (Wildman–Crippen MR) is 71.7 cm³/mol. The minimum Gasteiger partial charge on any atom is -0.316 e. The fourth-order valence-corrected chi connectivity index (χ4v) is 2.84. The van der Waals surface area contributed by atoms with Crippen LogP contribution in [0.5, 0.6) is 0 Å². The molecule has 0 amide bonds. The van der Waals surface area contributed by atoms with Crippen molar-refractivity contribution < 1.29 is 0 Å². The van der Waals surface area contributed by atoms with Crippen molar-refractivity contribution in [2.45, 2.75) is 40.5 Å². The molecule has 0 aromatic carbocycles. The Labute approximate surface area is 102 Å². The molecule has 0 radical (unpaired) electrons. The maximum atomic E-state index is 3.54. The fourth-order valence-electron chi connectivity index (χ4n) is 2.84. The van der Waals surface area contributed by atoms with Crippen LogP contribution in [-0.4, -0.2) is 38.1 Å². The molecule has 1 N–H and O–H groups in total. The van der Waals surface area contributed by atoms with Crippen LogP contribution in [0.25, 0.3) is 0 Å². The van der Waals surface area contributed by atoms with Crippen molar-refractivity contribution in [2.24, 2.45) is 17.3 Å². The maximum Gasteiger partial charge on any atom is 0.00501 e. The van der Waals surface area contributed by atoms with Gasteiger partial charge in [0, 0.05) is 19.6 Å². The lowest BCUT2D eigenvalue weighted by Crippen LogP contribution is -2.42. The fraction of sp³-hybridized carbons (Fsp3) is 1.00. The summed E-state index contributed by atoms with van der Waals surface area (Å²) in [5.41, 5.74) is 0.516. The molecular weight excluding hydrogens is 196 g/mol. The quantitative estimate of drug-likeness (QED) is 0.749. The summed E-state index contributed by atoms with van der Waals surface area (Å²) in [5.74, 6) is 1.60. The summed E-state index contributed by atoms with van der Waals surface area (Å²) in [6, 6.07) is 0. The molecule has 2 atom stereocenters. The molecule has 1 aliphatic rings. The van der Waals surface area contributed by atoms with Gasteiger partial charge < -0.3 is 10.2 Å². The standard InChI is InChI=1S/C14H30N2/c1-6-13(4)9-16(5)11-14(12(2)3)7-8-15-10-14/h12-13,15H,6-11H2,1-5H3. The van der Waals surface area contributed by atoms with Gasteiger partial charge in [-0.1, -0.05) is 34.1 Å². The summed E-state index contributed by atoms with van der Waals surface area (Å²) < 4.78 is 0. The third-order valence-corrected chi connectivity index (χ3v) is 4.41. The highest BCUT2D eigenvalue weighted by Gasteiger charge is 2.37. The second kappa shape index (κ2) is 6.02. The Bertz CT molecular complexity index is 195. The van der Waals surface area contributed by atoms with E-state index in [1.54, 1.807) is 0 Å². The summed E-state index contributed by atoms with van der Waals surface area (Å²) in [5, 5.41) is 3.54. The summed E-state index contributed by atoms with van der Waals surface area (Å²) in [6.45, 7) is 14.3. The zero-order valence-corrected chi connectivity index (χ0v) is 11.8. The van der Waals surface area contributed by atoms with Crippen LogP contribution in [0.3, 0.4) is 0 Å². The van der Waals surface area contributed by atoms with Gasteiger partial charge in [0.1, 0.15) is 0 Å². The van der Waals surface area contributed by atoms with Gasteiger partial charge in [0.2, 0.25) is 0 Å². The van der Waals surface area contributed by atoms with E-state index < -0.39 is 0 Å². The lowest BCUT2D eigenvalue weighted by Gasteiger charge is -2.37. The lowest BCUT2D eigenvalue weighted by atomic mass is 9.76. The summed E-state index contributed by atoms with van der Waals surface area (Å²) >= 11 is 0. The van der Waals surface area contributed by atoms with Crippen LogP contribution in [0.15, 0.2) is 0 Å². The average Bonchev–Trinajstić information content (AvgIpc) is 2.67. The van der Waals surface area contributed by atoms with Gasteiger partial charge in [-0.25, -0.2) is 0 Å². The van der Waals surface area contributed by atoms with E-state index in [0.29, 0.717) is 5.41 Å². The molecule has 0 aliphatic carbocycles. The Balaban J connectivity index is 2.49. The highest BCUT2D eigenvalue weighted by Crippen LogP contribution is 2.34. The molecule has 0 spiro atoms. The molecule has 1 aliphatic heterocycles. The van der Waals surface area contributed by atoms with E-state index in [4.69, 9.17) is 0 Å². The summed E-state index contributed by atoms with van der Waals surface area (Å²) in [7, 11) is 2.29. The molecule has 1 rings (SSSR count). The van der Waals surface area contributed by atoms with Crippen molar-refractivity contribution in [3.05, 3.63) is 0 Å². The van der Waals surface area contributed by atoms with Crippen molar-refractivity contribution in [1.29, 1.82) is 0 Å². The van der Waals surface area contributed by atoms with Gasteiger partial charge in [-0.15, -0.1) is 0 Å². The zero-order chi connectivity index (χ0) is 12.2. The highest BCUT2D eigenvalue weighted by atomic mass is 15.1. The molecule has 2 nitrogen and oxygen atoms in total. The van der Waals surface area contributed by atoms with Crippen molar-refractivity contribution in [3.8, 4) is 0 Å². The van der Waals surface area contributed by atoms with Crippen molar-refractivity contribution in [3.63, 3.8) is 0 Å². The average molecular weight is 226 g/mol. The SMILES string of the molecule is CCC(C)CN(C)CC1(C(C)C)CCNC1. The minimum atomic E-state index is 0.516. The largest absolute Gasteiger partial charge is 0.316 e. The van der Waals surface area contributed by atoms with Crippen LogP contribution >= 0.6 is 0 Å². The minimum absolute atomic E-state index is 0.516. The van der Waals surface area contributed by atoms with Gasteiger partial charge in [0.15, 0.2) is 0 Å². The molecule has 0 aromatic rings. The van der Waals surface area contributed by atoms with E-state index in [2.05, 4.69) is 45.0 Å². The van der Waals surface area contributed by atoms with Crippen molar-refractivity contribution in [1.82, 2.24) is 10.2 Å². The third-order valence-electron chi connectivity index (χ3n) is 4.41. The van der Waals surface area contributed by atoms with Crippen molar-refractivity contribution >= 4 is 0 Å². The number of hydrogen-bond donors (Lipinski definition) is 1. The number of nitrogens with zero attached hydrogens (tertiary/aromatic N) is 1. The predicted octanol–water partition coefficient (Wildman–Crippen LogP) is 2.60. The first-order valence-electron chi connectivity index (χ1n) is 6.89. The zero-order valence-electron chi connectivity index (χ0n) is 11.8. The van der Waals surface area contributed by atoms with E-state index in [-0.39, 0.29) is 0 Å². The van der Waals surface area contributed by atoms with E-state index in [0.717, 1.165) is 11.8 Å². The lowest BCUT2D eigenvalue weighted by molar-refractivity contribution is 0.125. The van der Waals surface area contributed by atoms with Crippen molar-refractivity contribution in [2.75, 3.05) is 33.2 Å². The monoisotopic (exact) mass is 226 g/mol. The van der Waals surface area contributed by atoms with Crippen LogP contribution in [0, 0.1) is 17.3 Å². The second-order valence-corrected chi connectivity index (χ2v) is 6.15. The molecular formula is C14H30N2. The van der Waals surface area contributed by atoms with E-state index in [1.807, 2.05) is 0 Å². The number of nitrogens with one attached hydrogen (secondary N) is 1. The Morgan fingerprint density at radius 3 is 2.44 bits per heavy atom. The molecule has 0 saturated carbocycles. The number of rotatable bonds is 6. The molecule has 0 aromatic heterocycles. The maximum absolute atomic E-state index is 3.54. The van der Waals surface area contributed by atoms with Gasteiger partial charge in [0.25, 0.3) is 0 Å². The molecule has 96 valence electrons. The molecule has 16 heavy (non-hydrogen) atoms. The first-order valence-corrected chi connectivity index (χ1v) is 6.89. The first-order chi connectivity index (χ1) is 7.50. The summed E-state index contributed by atoms with van der Waals surface area (Å²) in [4.78, 5) is 2.54. The van der Waals surface area contributed by atoms with Gasteiger partial charge in [-0.2, -0.15) is 0 Å². The molecule has 1 fully saturated rings. The van der Waals surface area contributed by atoms with Crippen LogP contribution < -0.4 is 5.32 Å². The van der Waals surface area contributed by atoms with Gasteiger partial charge >= 0.3 is 0 Å². The van der Waals surface area contributed by atoms with Crippen LogP contribution in [0.2, 0.25) is 0 Å².